The van der Waals surface area contributed by atoms with Crippen molar-refractivity contribution in [2.24, 2.45) is 0 Å². The van der Waals surface area contributed by atoms with Gasteiger partial charge in [0.2, 0.25) is 0 Å². The van der Waals surface area contributed by atoms with Gasteiger partial charge in [0.25, 0.3) is 11.8 Å². The predicted octanol–water partition coefficient (Wildman–Crippen LogP) is 2.53. The van der Waals surface area contributed by atoms with E-state index in [1.165, 1.54) is 12.8 Å². The molecule has 1 aliphatic rings. The first-order valence-corrected chi connectivity index (χ1v) is 7.16. The van der Waals surface area contributed by atoms with Crippen molar-refractivity contribution in [1.82, 2.24) is 10.1 Å². The summed E-state index contributed by atoms with van der Waals surface area (Å²) < 4.78 is 5.22. The number of benzene rings is 1. The molecule has 1 aromatic carbocycles. The maximum Gasteiger partial charge on any atom is 0.266 e. The van der Waals surface area contributed by atoms with Crippen LogP contribution >= 0.6 is 0 Å². The molecule has 1 N–H and O–H groups in total. The molecule has 1 unspecified atom stereocenters. The Morgan fingerprint density at radius 1 is 1.05 bits per heavy atom. The molecule has 106 valence electrons. The van der Waals surface area contributed by atoms with Crippen LogP contribution in [0.4, 0.5) is 5.95 Å². The van der Waals surface area contributed by atoms with Gasteiger partial charge in [-0.3, -0.25) is 0 Å². The molecule has 2 heterocycles. The van der Waals surface area contributed by atoms with Crippen LogP contribution in [-0.4, -0.2) is 28.3 Å². The van der Waals surface area contributed by atoms with E-state index in [-0.39, 0.29) is 5.89 Å². The Bertz CT molecular complexity index is 533. The monoisotopic (exact) mass is 273 g/mol. The molecular formula is C15H19N3O2. The maximum atomic E-state index is 10.2. The average Bonchev–Trinajstić information content (AvgIpc) is 2.83. The number of nitrogens with zero attached hydrogens (tertiary/aromatic N) is 3. The lowest BCUT2D eigenvalue weighted by atomic mass is 10.1. The van der Waals surface area contributed by atoms with Crippen molar-refractivity contribution in [3.8, 4) is 0 Å². The number of rotatable bonds is 3. The third-order valence-electron chi connectivity index (χ3n) is 3.67. The minimum Gasteiger partial charge on any atom is -0.378 e. The van der Waals surface area contributed by atoms with Crippen LogP contribution in [0.25, 0.3) is 0 Å². The zero-order chi connectivity index (χ0) is 13.8. The highest BCUT2D eigenvalue weighted by atomic mass is 16.5. The van der Waals surface area contributed by atoms with Gasteiger partial charge in [0, 0.05) is 13.1 Å². The summed E-state index contributed by atoms with van der Waals surface area (Å²) in [5.74, 6) is 0.854. The lowest BCUT2D eigenvalue weighted by Gasteiger charge is -2.16. The lowest BCUT2D eigenvalue weighted by Crippen LogP contribution is -2.25. The Morgan fingerprint density at radius 2 is 1.75 bits per heavy atom. The molecule has 1 atom stereocenters. The van der Waals surface area contributed by atoms with Crippen LogP contribution in [0, 0.1) is 0 Å². The molecule has 1 fully saturated rings. The third kappa shape index (κ3) is 2.82. The Labute approximate surface area is 118 Å². The Hall–Kier alpha value is -1.88. The summed E-state index contributed by atoms with van der Waals surface area (Å²) in [6, 6.07) is 9.36. The first-order valence-electron chi connectivity index (χ1n) is 7.16. The van der Waals surface area contributed by atoms with E-state index in [0.29, 0.717) is 5.95 Å². The highest BCUT2D eigenvalue weighted by Crippen LogP contribution is 2.23. The van der Waals surface area contributed by atoms with Crippen molar-refractivity contribution in [2.45, 2.75) is 31.8 Å². The van der Waals surface area contributed by atoms with Gasteiger partial charge in [-0.15, -0.1) is 0 Å². The van der Waals surface area contributed by atoms with Gasteiger partial charge in [0.1, 0.15) is 0 Å². The van der Waals surface area contributed by atoms with Crippen LogP contribution in [0.1, 0.15) is 43.2 Å². The first-order chi connectivity index (χ1) is 9.84. The van der Waals surface area contributed by atoms with E-state index in [4.69, 9.17) is 4.52 Å². The fraction of sp³-hybridized carbons (Fsp3) is 0.467. The number of anilines is 1. The van der Waals surface area contributed by atoms with Crippen molar-refractivity contribution < 1.29 is 9.63 Å². The molecular weight excluding hydrogens is 254 g/mol. The Balaban J connectivity index is 1.76. The van der Waals surface area contributed by atoms with Gasteiger partial charge in [-0.2, -0.15) is 4.98 Å². The van der Waals surface area contributed by atoms with E-state index in [1.807, 2.05) is 30.3 Å². The summed E-state index contributed by atoms with van der Waals surface area (Å²) in [6.45, 7) is 1.92. The zero-order valence-electron chi connectivity index (χ0n) is 11.4. The Kier molecular flexibility index (Phi) is 3.97. The van der Waals surface area contributed by atoms with Crippen LogP contribution in [0.15, 0.2) is 34.9 Å². The van der Waals surface area contributed by atoms with Gasteiger partial charge >= 0.3 is 0 Å². The minimum atomic E-state index is -0.857. The number of aliphatic hydroxyl groups is 1. The van der Waals surface area contributed by atoms with Gasteiger partial charge in [-0.05, 0) is 23.6 Å². The highest BCUT2D eigenvalue weighted by Gasteiger charge is 2.21. The number of hydrogen-bond donors (Lipinski definition) is 1. The fourth-order valence-corrected chi connectivity index (χ4v) is 2.52. The van der Waals surface area contributed by atoms with Crippen molar-refractivity contribution in [3.05, 3.63) is 41.8 Å². The molecule has 0 aliphatic carbocycles. The normalized spacial score (nSPS) is 17.8. The Morgan fingerprint density at radius 3 is 2.45 bits per heavy atom. The van der Waals surface area contributed by atoms with Crippen LogP contribution in [0.5, 0.6) is 0 Å². The third-order valence-corrected chi connectivity index (χ3v) is 3.67. The highest BCUT2D eigenvalue weighted by molar-refractivity contribution is 5.30. The fourth-order valence-electron chi connectivity index (χ4n) is 2.52. The quantitative estimate of drug-likeness (QED) is 0.931. The molecule has 2 aromatic rings. The molecule has 1 saturated heterocycles. The van der Waals surface area contributed by atoms with Crippen LogP contribution in [-0.2, 0) is 0 Å². The second-order valence-corrected chi connectivity index (χ2v) is 5.15. The van der Waals surface area contributed by atoms with E-state index < -0.39 is 6.10 Å². The van der Waals surface area contributed by atoms with E-state index in [2.05, 4.69) is 15.0 Å². The summed E-state index contributed by atoms with van der Waals surface area (Å²) in [7, 11) is 0. The molecule has 0 saturated carbocycles. The van der Waals surface area contributed by atoms with Gasteiger partial charge in [-0.25, -0.2) is 0 Å². The molecule has 0 radical (unpaired) electrons. The van der Waals surface area contributed by atoms with Crippen molar-refractivity contribution in [3.63, 3.8) is 0 Å². The topological polar surface area (TPSA) is 62.4 Å². The van der Waals surface area contributed by atoms with Crippen molar-refractivity contribution >= 4 is 5.95 Å². The van der Waals surface area contributed by atoms with Crippen LogP contribution in [0.2, 0.25) is 0 Å². The second kappa shape index (κ2) is 6.05. The van der Waals surface area contributed by atoms with E-state index in [9.17, 15) is 5.11 Å². The van der Waals surface area contributed by atoms with Gasteiger partial charge in [0.15, 0.2) is 6.10 Å². The average molecular weight is 273 g/mol. The number of aromatic nitrogens is 2. The number of aliphatic hydroxyl groups excluding tert-OH is 1. The van der Waals surface area contributed by atoms with E-state index in [1.54, 1.807) is 0 Å². The molecule has 0 amide bonds. The zero-order valence-corrected chi connectivity index (χ0v) is 11.4. The summed E-state index contributed by atoms with van der Waals surface area (Å²) in [4.78, 5) is 6.49. The molecule has 5 nitrogen and oxygen atoms in total. The maximum absolute atomic E-state index is 10.2. The van der Waals surface area contributed by atoms with Crippen LogP contribution in [0.3, 0.4) is 0 Å². The smallest absolute Gasteiger partial charge is 0.266 e. The van der Waals surface area contributed by atoms with Crippen molar-refractivity contribution in [1.29, 1.82) is 0 Å². The predicted molar refractivity (Wildman–Crippen MR) is 75.5 cm³/mol. The summed E-state index contributed by atoms with van der Waals surface area (Å²) in [5.41, 5.74) is 0.763. The lowest BCUT2D eigenvalue weighted by molar-refractivity contribution is 0.170. The molecule has 0 spiro atoms. The van der Waals surface area contributed by atoms with Gasteiger partial charge < -0.3 is 14.5 Å². The first kappa shape index (κ1) is 13.1. The minimum absolute atomic E-state index is 0.260. The van der Waals surface area contributed by atoms with Gasteiger partial charge in [0.05, 0.1) is 0 Å². The summed E-state index contributed by atoms with van der Waals surface area (Å²) >= 11 is 0. The molecule has 0 bridgehead atoms. The largest absolute Gasteiger partial charge is 0.378 e. The summed E-state index contributed by atoms with van der Waals surface area (Å²) in [6.07, 6.45) is 3.97. The van der Waals surface area contributed by atoms with E-state index >= 15 is 0 Å². The molecule has 1 aliphatic heterocycles. The van der Waals surface area contributed by atoms with Gasteiger partial charge in [-0.1, -0.05) is 43.2 Å². The number of hydrogen-bond acceptors (Lipinski definition) is 5. The molecule has 5 heteroatoms. The van der Waals surface area contributed by atoms with Crippen LogP contribution < -0.4 is 4.90 Å². The standard InChI is InChI=1S/C15H19N3O2/c19-13(12-8-4-3-5-9-12)14-16-15(17-20-14)18-10-6-1-2-7-11-18/h3-5,8-9,13,19H,1-2,6-7,10-11H2. The molecule has 3 rings (SSSR count). The molecule has 20 heavy (non-hydrogen) atoms. The van der Waals surface area contributed by atoms with Crippen molar-refractivity contribution in [2.75, 3.05) is 18.0 Å². The summed E-state index contributed by atoms with van der Waals surface area (Å²) in [5, 5.41) is 14.3. The second-order valence-electron chi connectivity index (χ2n) is 5.15. The molecule has 1 aromatic heterocycles. The van der Waals surface area contributed by atoms with E-state index in [0.717, 1.165) is 31.5 Å². The SMILES string of the molecule is OC(c1ccccc1)c1nc(N2CCCCCC2)no1.